The maximum absolute atomic E-state index is 12.9. The Bertz CT molecular complexity index is 668. The van der Waals surface area contributed by atoms with E-state index in [0.29, 0.717) is 6.42 Å². The molecular weight excluding hydrogens is 382 g/mol. The first-order chi connectivity index (χ1) is 12.2. The van der Waals surface area contributed by atoms with Crippen LogP contribution in [-0.2, 0) is 14.3 Å². The summed E-state index contributed by atoms with van der Waals surface area (Å²) in [6, 6.07) is 0. The summed E-state index contributed by atoms with van der Waals surface area (Å²) in [6.07, 6.45) is -10.2. The van der Waals surface area contributed by atoms with E-state index in [0.717, 1.165) is 6.42 Å². The average Bonchev–Trinajstić information content (AvgIpc) is 2.64. The smallest absolute Gasteiger partial charge is 0.430 e. The van der Waals surface area contributed by atoms with Gasteiger partial charge in [-0.25, -0.2) is 4.79 Å². The number of hydrogen-bond acceptors (Lipinski definition) is 4. The van der Waals surface area contributed by atoms with Gasteiger partial charge in [0.15, 0.2) is 0 Å². The third-order valence-electron chi connectivity index (χ3n) is 5.98. The minimum Gasteiger partial charge on any atom is -0.456 e. The summed E-state index contributed by atoms with van der Waals surface area (Å²) in [4.78, 5) is 24.3. The monoisotopic (exact) mass is 400 g/mol. The molecule has 0 radical (unpaired) electrons. The van der Waals surface area contributed by atoms with Crippen LogP contribution < -0.4 is 0 Å². The molecular formula is C17H18F6O4. The first-order valence-corrected chi connectivity index (χ1v) is 8.50. The van der Waals surface area contributed by atoms with Crippen LogP contribution in [0.3, 0.4) is 0 Å². The van der Waals surface area contributed by atoms with E-state index in [1.807, 2.05) is 0 Å². The second-order valence-electron chi connectivity index (χ2n) is 7.94. The van der Waals surface area contributed by atoms with Crippen molar-refractivity contribution >= 4 is 11.8 Å². The molecule has 4 bridgehead atoms. The van der Waals surface area contributed by atoms with Gasteiger partial charge in [-0.15, -0.1) is 0 Å². The van der Waals surface area contributed by atoms with Gasteiger partial charge in [-0.2, -0.15) is 26.3 Å². The molecule has 0 aromatic heterocycles. The van der Waals surface area contributed by atoms with E-state index in [4.69, 9.17) is 4.74 Å². The first kappa shape index (κ1) is 20.2. The SMILES string of the molecule is C=C(C(=O)OC12CC3CC(=O)C(CC(C3)C1)C2)C(O)(C(F)(F)F)C(F)(F)F. The molecule has 4 aliphatic rings. The molecule has 4 saturated carbocycles. The quantitative estimate of drug-likeness (QED) is 0.448. The van der Waals surface area contributed by atoms with Crippen LogP contribution in [0.2, 0.25) is 0 Å². The Labute approximate surface area is 150 Å². The van der Waals surface area contributed by atoms with Crippen molar-refractivity contribution in [3.8, 4) is 0 Å². The number of esters is 1. The molecule has 4 atom stereocenters. The lowest BCUT2D eigenvalue weighted by Crippen LogP contribution is -2.60. The van der Waals surface area contributed by atoms with E-state index < -0.39 is 41.0 Å². The zero-order valence-electron chi connectivity index (χ0n) is 14.1. The lowest BCUT2D eigenvalue weighted by atomic mass is 9.65. The zero-order valence-corrected chi connectivity index (χ0v) is 14.1. The second-order valence-corrected chi connectivity index (χ2v) is 7.94. The Balaban J connectivity index is 1.86. The van der Waals surface area contributed by atoms with Gasteiger partial charge in [0, 0.05) is 12.3 Å². The molecule has 4 rings (SSSR count). The number of ether oxygens (including phenoxy) is 1. The number of Topliss-reactive ketones (excluding diaryl/α,β-unsaturated/α-hetero) is 1. The lowest BCUT2D eigenvalue weighted by molar-refractivity contribution is -0.352. The highest BCUT2D eigenvalue weighted by molar-refractivity contribution is 5.91. The molecule has 0 aliphatic heterocycles. The fourth-order valence-electron chi connectivity index (χ4n) is 4.94. The Morgan fingerprint density at radius 2 is 1.59 bits per heavy atom. The Kier molecular flexibility index (Phi) is 4.45. The predicted molar refractivity (Wildman–Crippen MR) is 78.2 cm³/mol. The third-order valence-corrected chi connectivity index (χ3v) is 5.98. The number of carbonyl (C=O) groups excluding carboxylic acids is 2. The van der Waals surface area contributed by atoms with Crippen molar-refractivity contribution in [2.24, 2.45) is 17.8 Å². The van der Waals surface area contributed by atoms with E-state index in [1.54, 1.807) is 0 Å². The summed E-state index contributed by atoms with van der Waals surface area (Å²) in [5.74, 6) is -2.46. The van der Waals surface area contributed by atoms with Crippen LogP contribution in [0.1, 0.15) is 38.5 Å². The van der Waals surface area contributed by atoms with Gasteiger partial charge in [0.05, 0.1) is 5.57 Å². The minimum atomic E-state index is -6.20. The number of carbonyl (C=O) groups is 2. The molecule has 4 nitrogen and oxygen atoms in total. The Morgan fingerprint density at radius 3 is 2.15 bits per heavy atom. The Morgan fingerprint density at radius 1 is 1.04 bits per heavy atom. The summed E-state index contributed by atoms with van der Waals surface area (Å²) in [6.45, 7) is 2.56. The number of rotatable bonds is 3. The van der Waals surface area contributed by atoms with Crippen LogP contribution in [0.15, 0.2) is 12.2 Å². The molecule has 10 heteroatoms. The normalized spacial score (nSPS) is 33.7. The van der Waals surface area contributed by atoms with Crippen molar-refractivity contribution in [2.45, 2.75) is 62.1 Å². The van der Waals surface area contributed by atoms with Crippen LogP contribution in [0.4, 0.5) is 26.3 Å². The van der Waals surface area contributed by atoms with Gasteiger partial charge in [0.25, 0.3) is 5.60 Å². The molecule has 4 fully saturated rings. The molecule has 1 N–H and O–H groups in total. The molecule has 152 valence electrons. The van der Waals surface area contributed by atoms with Gasteiger partial charge >= 0.3 is 18.3 Å². The fraction of sp³-hybridized carbons (Fsp3) is 0.765. The molecule has 0 heterocycles. The molecule has 0 amide bonds. The summed E-state index contributed by atoms with van der Waals surface area (Å²) in [5.41, 5.74) is -8.81. The van der Waals surface area contributed by atoms with E-state index in [1.165, 1.54) is 0 Å². The molecule has 27 heavy (non-hydrogen) atoms. The van der Waals surface area contributed by atoms with E-state index in [2.05, 4.69) is 6.58 Å². The summed E-state index contributed by atoms with van der Waals surface area (Å²) >= 11 is 0. The van der Waals surface area contributed by atoms with Gasteiger partial charge in [-0.05, 0) is 43.9 Å². The molecule has 0 spiro atoms. The van der Waals surface area contributed by atoms with Gasteiger partial charge in [-0.1, -0.05) is 6.58 Å². The third kappa shape index (κ3) is 3.15. The number of ketones is 1. The highest BCUT2D eigenvalue weighted by Crippen LogP contribution is 2.55. The maximum Gasteiger partial charge on any atom is 0.430 e. The van der Waals surface area contributed by atoms with Gasteiger partial charge in [-0.3, -0.25) is 4.79 Å². The number of hydrogen-bond donors (Lipinski definition) is 1. The number of fused-ring (bicyclic) bond motifs is 1. The molecule has 0 aromatic carbocycles. The maximum atomic E-state index is 12.9. The zero-order chi connectivity index (χ0) is 20.4. The summed E-state index contributed by atoms with van der Waals surface area (Å²) in [5, 5.41) is 9.33. The second kappa shape index (κ2) is 5.96. The Hall–Kier alpha value is -1.58. The van der Waals surface area contributed by atoms with E-state index in [-0.39, 0.29) is 43.3 Å². The van der Waals surface area contributed by atoms with Crippen molar-refractivity contribution < 1.29 is 45.8 Å². The fourth-order valence-corrected chi connectivity index (χ4v) is 4.94. The first-order valence-electron chi connectivity index (χ1n) is 8.50. The van der Waals surface area contributed by atoms with Crippen LogP contribution in [0.5, 0.6) is 0 Å². The number of aliphatic hydroxyl groups is 1. The highest BCUT2D eigenvalue weighted by atomic mass is 19.4. The topological polar surface area (TPSA) is 63.6 Å². The molecule has 4 unspecified atom stereocenters. The van der Waals surface area contributed by atoms with Crippen molar-refractivity contribution in [3.05, 3.63) is 12.2 Å². The minimum absolute atomic E-state index is 0.0129. The van der Waals surface area contributed by atoms with Crippen molar-refractivity contribution in [1.82, 2.24) is 0 Å². The van der Waals surface area contributed by atoms with E-state index >= 15 is 0 Å². The van der Waals surface area contributed by atoms with Crippen LogP contribution in [-0.4, -0.2) is 40.4 Å². The summed E-state index contributed by atoms with van der Waals surface area (Å²) < 4.78 is 82.8. The largest absolute Gasteiger partial charge is 0.456 e. The van der Waals surface area contributed by atoms with Crippen molar-refractivity contribution in [3.63, 3.8) is 0 Å². The number of halogens is 6. The molecule has 4 aliphatic carbocycles. The standard InChI is InChI=1S/C17H18F6O4/c1-8(15(26,16(18,19)20)17(21,22)23)13(25)27-14-5-9-2-10(6-14)4-12(24)11(3-9)7-14/h9-11,26H,1-7H2. The molecule has 0 aromatic rings. The highest BCUT2D eigenvalue weighted by Gasteiger charge is 2.73. The number of alkyl halides is 6. The summed E-state index contributed by atoms with van der Waals surface area (Å²) in [7, 11) is 0. The van der Waals surface area contributed by atoms with Gasteiger partial charge < -0.3 is 9.84 Å². The van der Waals surface area contributed by atoms with Crippen LogP contribution in [0.25, 0.3) is 0 Å². The van der Waals surface area contributed by atoms with Crippen LogP contribution in [0, 0.1) is 17.8 Å². The lowest BCUT2D eigenvalue weighted by Gasteiger charge is -2.47. The van der Waals surface area contributed by atoms with E-state index in [9.17, 15) is 41.0 Å². The molecule has 0 saturated heterocycles. The average molecular weight is 400 g/mol. The van der Waals surface area contributed by atoms with Crippen molar-refractivity contribution in [1.29, 1.82) is 0 Å². The van der Waals surface area contributed by atoms with Crippen molar-refractivity contribution in [2.75, 3.05) is 0 Å². The van der Waals surface area contributed by atoms with Crippen LogP contribution >= 0.6 is 0 Å². The van der Waals surface area contributed by atoms with Gasteiger partial charge in [0.2, 0.25) is 0 Å². The predicted octanol–water partition coefficient (Wildman–Crippen LogP) is 3.48. The van der Waals surface area contributed by atoms with Gasteiger partial charge in [0.1, 0.15) is 11.4 Å².